The van der Waals surface area contributed by atoms with Crippen LogP contribution in [0.3, 0.4) is 0 Å². The highest BCUT2D eigenvalue weighted by Crippen LogP contribution is 2.20. The maximum atomic E-state index is 12.3. The van der Waals surface area contributed by atoms with Crippen LogP contribution in [0.1, 0.15) is 18.1 Å². The van der Waals surface area contributed by atoms with Crippen LogP contribution in [0.25, 0.3) is 0 Å². The summed E-state index contributed by atoms with van der Waals surface area (Å²) in [7, 11) is 0. The van der Waals surface area contributed by atoms with E-state index in [4.69, 9.17) is 4.74 Å². The summed E-state index contributed by atoms with van der Waals surface area (Å²) in [5.41, 5.74) is 3.14. The molecule has 4 nitrogen and oxygen atoms in total. The summed E-state index contributed by atoms with van der Waals surface area (Å²) >= 11 is 0. The monoisotopic (exact) mass is 262 g/mol. The molecule has 1 N–H and O–H groups in total. The molecule has 1 aromatic carbocycles. The summed E-state index contributed by atoms with van der Waals surface area (Å²) in [5, 5.41) is 3.05. The van der Waals surface area contributed by atoms with Crippen molar-refractivity contribution < 1.29 is 9.53 Å². The van der Waals surface area contributed by atoms with E-state index in [1.54, 1.807) is 0 Å². The number of anilines is 1. The third kappa shape index (κ3) is 3.33. The zero-order valence-electron chi connectivity index (χ0n) is 11.9. The van der Waals surface area contributed by atoms with E-state index in [9.17, 15) is 4.79 Å². The molecule has 1 heterocycles. The average molecular weight is 262 g/mol. The van der Waals surface area contributed by atoms with Gasteiger partial charge in [0.2, 0.25) is 5.91 Å². The fourth-order valence-electron chi connectivity index (χ4n) is 2.37. The van der Waals surface area contributed by atoms with Crippen LogP contribution in [-0.4, -0.2) is 43.2 Å². The van der Waals surface area contributed by atoms with Crippen LogP contribution >= 0.6 is 0 Å². The molecule has 0 radical (unpaired) electrons. The molecular weight excluding hydrogens is 240 g/mol. The highest BCUT2D eigenvalue weighted by Gasteiger charge is 2.23. The second-order valence-corrected chi connectivity index (χ2v) is 5.08. The minimum atomic E-state index is -0.122. The summed E-state index contributed by atoms with van der Waals surface area (Å²) in [6.45, 7) is 9.04. The first kappa shape index (κ1) is 14.0. The molecule has 0 aliphatic carbocycles. The van der Waals surface area contributed by atoms with Crippen molar-refractivity contribution in [1.82, 2.24) is 4.90 Å². The quantitative estimate of drug-likeness (QED) is 0.905. The first-order chi connectivity index (χ1) is 9.09. The molecule has 0 aromatic heterocycles. The third-order valence-electron chi connectivity index (χ3n) is 3.70. The highest BCUT2D eigenvalue weighted by atomic mass is 16.5. The molecule has 1 aliphatic heterocycles. The topological polar surface area (TPSA) is 41.6 Å². The minimum Gasteiger partial charge on any atom is -0.379 e. The summed E-state index contributed by atoms with van der Waals surface area (Å²) in [4.78, 5) is 14.5. The molecule has 1 amide bonds. The van der Waals surface area contributed by atoms with Gasteiger partial charge >= 0.3 is 0 Å². The molecule has 1 saturated heterocycles. The molecule has 0 spiro atoms. The van der Waals surface area contributed by atoms with Gasteiger partial charge in [0.05, 0.1) is 19.3 Å². The van der Waals surface area contributed by atoms with Gasteiger partial charge < -0.3 is 10.1 Å². The fraction of sp³-hybridized carbons (Fsp3) is 0.533. The Morgan fingerprint density at radius 1 is 1.26 bits per heavy atom. The number of ether oxygens (including phenoxy) is 1. The SMILES string of the molecule is Cc1cccc(C)c1NC(=O)[C@@H](C)N1CCOCC1. The van der Waals surface area contributed by atoms with Crippen LogP contribution in [0.4, 0.5) is 5.69 Å². The molecule has 0 saturated carbocycles. The Balaban J connectivity index is 2.04. The van der Waals surface area contributed by atoms with Gasteiger partial charge in [0.15, 0.2) is 0 Å². The molecule has 1 atom stereocenters. The number of nitrogens with one attached hydrogen (secondary N) is 1. The van der Waals surface area contributed by atoms with E-state index in [-0.39, 0.29) is 11.9 Å². The molecule has 2 rings (SSSR count). The Hall–Kier alpha value is -1.39. The zero-order chi connectivity index (χ0) is 13.8. The van der Waals surface area contributed by atoms with Gasteiger partial charge in [-0.15, -0.1) is 0 Å². The van der Waals surface area contributed by atoms with Crippen LogP contribution in [0.15, 0.2) is 18.2 Å². The number of aryl methyl sites for hydroxylation is 2. The molecule has 0 bridgehead atoms. The zero-order valence-corrected chi connectivity index (χ0v) is 11.9. The van der Waals surface area contributed by atoms with Gasteiger partial charge in [0, 0.05) is 18.8 Å². The van der Waals surface area contributed by atoms with E-state index in [1.165, 1.54) is 0 Å². The summed E-state index contributed by atoms with van der Waals surface area (Å²) < 4.78 is 5.31. The Kier molecular flexibility index (Phi) is 4.56. The lowest BCUT2D eigenvalue weighted by Crippen LogP contribution is -2.47. The molecule has 0 unspecified atom stereocenters. The fourth-order valence-corrected chi connectivity index (χ4v) is 2.37. The van der Waals surface area contributed by atoms with E-state index in [0.717, 1.165) is 29.9 Å². The van der Waals surface area contributed by atoms with E-state index >= 15 is 0 Å². The first-order valence-electron chi connectivity index (χ1n) is 6.78. The lowest BCUT2D eigenvalue weighted by atomic mass is 10.1. The number of hydrogen-bond donors (Lipinski definition) is 1. The summed E-state index contributed by atoms with van der Waals surface area (Å²) in [6.07, 6.45) is 0. The van der Waals surface area contributed by atoms with Gasteiger partial charge in [0.25, 0.3) is 0 Å². The highest BCUT2D eigenvalue weighted by molar-refractivity contribution is 5.95. The van der Waals surface area contributed by atoms with E-state index in [2.05, 4.69) is 10.2 Å². The number of rotatable bonds is 3. The largest absolute Gasteiger partial charge is 0.379 e. The predicted molar refractivity (Wildman–Crippen MR) is 76.4 cm³/mol. The third-order valence-corrected chi connectivity index (χ3v) is 3.70. The average Bonchev–Trinajstić information content (AvgIpc) is 2.43. The van der Waals surface area contributed by atoms with E-state index < -0.39 is 0 Å². The smallest absolute Gasteiger partial charge is 0.241 e. The Morgan fingerprint density at radius 2 is 1.84 bits per heavy atom. The summed E-state index contributed by atoms with van der Waals surface area (Å²) in [5.74, 6) is 0.0549. The van der Waals surface area contributed by atoms with Gasteiger partial charge in [-0.05, 0) is 31.9 Å². The number of morpholine rings is 1. The standard InChI is InChI=1S/C15H22N2O2/c1-11-5-4-6-12(2)14(11)16-15(18)13(3)17-7-9-19-10-8-17/h4-6,13H,7-10H2,1-3H3,(H,16,18)/t13-/m1/s1. The molecule has 19 heavy (non-hydrogen) atoms. The number of benzene rings is 1. The van der Waals surface area contributed by atoms with Gasteiger partial charge in [-0.2, -0.15) is 0 Å². The Bertz CT molecular complexity index is 433. The van der Waals surface area contributed by atoms with Crippen molar-refractivity contribution in [2.24, 2.45) is 0 Å². The van der Waals surface area contributed by atoms with Crippen LogP contribution in [0.2, 0.25) is 0 Å². The van der Waals surface area contributed by atoms with Crippen LogP contribution in [-0.2, 0) is 9.53 Å². The maximum Gasteiger partial charge on any atom is 0.241 e. The first-order valence-corrected chi connectivity index (χ1v) is 6.78. The van der Waals surface area contributed by atoms with Crippen molar-refractivity contribution in [1.29, 1.82) is 0 Å². The normalized spacial score (nSPS) is 18.1. The number of carbonyl (C=O) groups is 1. The van der Waals surface area contributed by atoms with E-state index in [0.29, 0.717) is 13.2 Å². The van der Waals surface area contributed by atoms with Crippen molar-refractivity contribution in [2.75, 3.05) is 31.6 Å². The maximum absolute atomic E-state index is 12.3. The van der Waals surface area contributed by atoms with Crippen molar-refractivity contribution in [3.63, 3.8) is 0 Å². The van der Waals surface area contributed by atoms with Crippen LogP contribution in [0.5, 0.6) is 0 Å². The number of amides is 1. The van der Waals surface area contributed by atoms with Gasteiger partial charge in [0.1, 0.15) is 0 Å². The van der Waals surface area contributed by atoms with Crippen molar-refractivity contribution in [3.05, 3.63) is 29.3 Å². The minimum absolute atomic E-state index is 0.0549. The van der Waals surface area contributed by atoms with Crippen LogP contribution in [0, 0.1) is 13.8 Å². The lowest BCUT2D eigenvalue weighted by Gasteiger charge is -2.31. The Morgan fingerprint density at radius 3 is 2.42 bits per heavy atom. The van der Waals surface area contributed by atoms with Crippen molar-refractivity contribution in [3.8, 4) is 0 Å². The van der Waals surface area contributed by atoms with Crippen LogP contribution < -0.4 is 5.32 Å². The molecule has 1 aromatic rings. The lowest BCUT2D eigenvalue weighted by molar-refractivity contribution is -0.122. The Labute approximate surface area is 114 Å². The van der Waals surface area contributed by atoms with E-state index in [1.807, 2.05) is 39.0 Å². The second kappa shape index (κ2) is 6.17. The molecule has 104 valence electrons. The molecule has 1 fully saturated rings. The van der Waals surface area contributed by atoms with Crippen molar-refractivity contribution in [2.45, 2.75) is 26.8 Å². The predicted octanol–water partition coefficient (Wildman–Crippen LogP) is 1.96. The van der Waals surface area contributed by atoms with Gasteiger partial charge in [-0.25, -0.2) is 0 Å². The summed E-state index contributed by atoms with van der Waals surface area (Å²) in [6, 6.07) is 5.92. The number of para-hydroxylation sites is 1. The molecular formula is C15H22N2O2. The van der Waals surface area contributed by atoms with Crippen molar-refractivity contribution >= 4 is 11.6 Å². The number of nitrogens with zero attached hydrogens (tertiary/aromatic N) is 1. The van der Waals surface area contributed by atoms with Gasteiger partial charge in [-0.3, -0.25) is 9.69 Å². The number of hydrogen-bond acceptors (Lipinski definition) is 3. The molecule has 4 heteroatoms. The molecule has 1 aliphatic rings. The number of carbonyl (C=O) groups excluding carboxylic acids is 1. The second-order valence-electron chi connectivity index (χ2n) is 5.08. The van der Waals surface area contributed by atoms with Gasteiger partial charge in [-0.1, -0.05) is 18.2 Å².